The Kier molecular flexibility index (Phi) is 10.3. The van der Waals surface area contributed by atoms with Crippen LogP contribution in [0.3, 0.4) is 0 Å². The van der Waals surface area contributed by atoms with Gasteiger partial charge in [0, 0.05) is 24.1 Å². The second-order valence-corrected chi connectivity index (χ2v) is 8.80. The summed E-state index contributed by atoms with van der Waals surface area (Å²) in [5, 5.41) is 19.5. The predicted octanol–water partition coefficient (Wildman–Crippen LogP) is 2.64. The second kappa shape index (κ2) is 12.5. The van der Waals surface area contributed by atoms with Gasteiger partial charge < -0.3 is 27.9 Å². The van der Waals surface area contributed by atoms with Crippen molar-refractivity contribution < 1.29 is 0 Å². The van der Waals surface area contributed by atoms with Crippen LogP contribution in [0.5, 0.6) is 0 Å². The van der Waals surface area contributed by atoms with Crippen LogP contribution < -0.4 is 28.5 Å². The minimum Gasteiger partial charge on any atom is -0.384 e. The lowest BCUT2D eigenvalue weighted by Crippen LogP contribution is -2.25. The summed E-state index contributed by atoms with van der Waals surface area (Å²) < 4.78 is 1.71. The number of nitrogens with one attached hydrogen (secondary N) is 3. The van der Waals surface area contributed by atoms with Gasteiger partial charge in [0.05, 0.1) is 16.5 Å². The van der Waals surface area contributed by atoms with Crippen LogP contribution in [0.4, 0.5) is 11.6 Å². The number of rotatable bonds is 2. The summed E-state index contributed by atoms with van der Waals surface area (Å²) in [4.78, 5) is 22.2. The molecule has 0 aliphatic rings. The first kappa shape index (κ1) is 31.3. The van der Waals surface area contributed by atoms with Crippen LogP contribution in [0.2, 0.25) is 0 Å². The molecular formula is C26H39N11O. The quantitative estimate of drug-likeness (QED) is 0.153. The standard InChI is InChI=1S/C9H12N4.C8H12N4.C8H11N3O.CH4/c1-5-4-6(2)11-9-7(5)8(10)12-13(9)3;1-4-3-5(2)12-8(11)6(4)7(9)10;1-4-3-5(2)11-8(12)6(4)7(9)10;/h4H,1-3H3,(H2,10,12);3H,1-2H3,(H3,9,10)(H2,11,12);3H,1-2H3,(H3,9,10)(H,11,12);1H4. The number of aryl methyl sites for hydroxylation is 7. The van der Waals surface area contributed by atoms with Gasteiger partial charge in [-0.2, -0.15) is 5.10 Å². The SMILES string of the molecule is C.Cc1cc(C)c(C(=N)N)c(=O)[nH]1.Cc1cc(C)c(C(=N)N)c(N)n1.Cc1cc(C)c2c(N)nn(C)c2n1. The van der Waals surface area contributed by atoms with Crippen molar-refractivity contribution >= 4 is 34.3 Å². The van der Waals surface area contributed by atoms with E-state index < -0.39 is 0 Å². The fraction of sp³-hybridized carbons (Fsp3) is 0.308. The van der Waals surface area contributed by atoms with Crippen LogP contribution in [0, 0.1) is 52.4 Å². The Morgan fingerprint density at radius 1 is 0.816 bits per heavy atom. The third kappa shape index (κ3) is 7.15. The van der Waals surface area contributed by atoms with Gasteiger partial charge in [0.15, 0.2) is 11.5 Å². The van der Waals surface area contributed by atoms with E-state index in [0.717, 1.165) is 44.8 Å². The minimum atomic E-state index is -0.292. The molecule has 12 heteroatoms. The highest BCUT2D eigenvalue weighted by atomic mass is 16.1. The van der Waals surface area contributed by atoms with Gasteiger partial charge in [-0.25, -0.2) is 14.6 Å². The van der Waals surface area contributed by atoms with Crippen LogP contribution in [0.1, 0.15) is 52.3 Å². The summed E-state index contributed by atoms with van der Waals surface area (Å²) in [6, 6.07) is 5.66. The van der Waals surface area contributed by atoms with E-state index >= 15 is 0 Å². The minimum absolute atomic E-state index is 0. The number of nitrogen functional groups attached to an aromatic ring is 4. The highest BCUT2D eigenvalue weighted by Gasteiger charge is 2.10. The Morgan fingerprint density at radius 2 is 1.32 bits per heavy atom. The number of aromatic nitrogens is 5. The highest BCUT2D eigenvalue weighted by molar-refractivity contribution is 6.00. The number of amidine groups is 2. The lowest BCUT2D eigenvalue weighted by atomic mass is 10.1. The first-order chi connectivity index (χ1) is 17.1. The van der Waals surface area contributed by atoms with Crippen LogP contribution in [0.25, 0.3) is 11.0 Å². The molecule has 0 unspecified atom stereocenters. The van der Waals surface area contributed by atoms with Crippen molar-refractivity contribution in [1.29, 1.82) is 10.8 Å². The fourth-order valence-corrected chi connectivity index (χ4v) is 4.03. The van der Waals surface area contributed by atoms with E-state index in [1.54, 1.807) is 24.6 Å². The average molecular weight is 522 g/mol. The van der Waals surface area contributed by atoms with Gasteiger partial charge in [0.2, 0.25) is 0 Å². The summed E-state index contributed by atoms with van der Waals surface area (Å²) in [5.41, 5.74) is 28.7. The van der Waals surface area contributed by atoms with E-state index in [0.29, 0.717) is 17.2 Å². The van der Waals surface area contributed by atoms with Crippen molar-refractivity contribution in [3.05, 3.63) is 73.5 Å². The number of hydrogen-bond donors (Lipinski definition) is 7. The topological polar surface area (TPSA) is 228 Å². The zero-order chi connectivity index (χ0) is 28.2. The first-order valence-corrected chi connectivity index (χ1v) is 11.3. The summed E-state index contributed by atoms with van der Waals surface area (Å²) >= 11 is 0. The molecule has 4 heterocycles. The fourth-order valence-electron chi connectivity index (χ4n) is 4.03. The summed E-state index contributed by atoms with van der Waals surface area (Å²) in [6.07, 6.45) is 0. The van der Waals surface area contributed by atoms with Crippen molar-refractivity contribution in [3.63, 3.8) is 0 Å². The van der Waals surface area contributed by atoms with Gasteiger partial charge in [-0.3, -0.25) is 15.6 Å². The number of fused-ring (bicyclic) bond motifs is 1. The molecule has 0 saturated carbocycles. The van der Waals surface area contributed by atoms with Crippen molar-refractivity contribution in [1.82, 2.24) is 24.7 Å². The molecule has 0 aromatic carbocycles. The van der Waals surface area contributed by atoms with Gasteiger partial charge in [0.25, 0.3) is 5.56 Å². The molecular weight excluding hydrogens is 482 g/mol. The van der Waals surface area contributed by atoms with Crippen molar-refractivity contribution in [2.45, 2.75) is 49.0 Å². The van der Waals surface area contributed by atoms with E-state index in [1.165, 1.54) is 0 Å². The van der Waals surface area contributed by atoms with Gasteiger partial charge in [0.1, 0.15) is 17.5 Å². The average Bonchev–Trinajstić information content (AvgIpc) is 3.00. The van der Waals surface area contributed by atoms with Gasteiger partial charge in [-0.15, -0.1) is 0 Å². The largest absolute Gasteiger partial charge is 0.384 e. The molecule has 0 spiro atoms. The Balaban J connectivity index is 0.000000282. The second-order valence-electron chi connectivity index (χ2n) is 8.80. The number of pyridine rings is 3. The first-order valence-electron chi connectivity index (χ1n) is 11.3. The maximum atomic E-state index is 11.2. The molecule has 11 N–H and O–H groups in total. The molecule has 38 heavy (non-hydrogen) atoms. The van der Waals surface area contributed by atoms with E-state index in [-0.39, 0.29) is 30.2 Å². The molecule has 0 bridgehead atoms. The van der Waals surface area contributed by atoms with E-state index in [2.05, 4.69) is 20.1 Å². The zero-order valence-electron chi connectivity index (χ0n) is 22.2. The highest BCUT2D eigenvalue weighted by Crippen LogP contribution is 2.22. The number of H-pyrrole nitrogens is 1. The Hall–Kier alpha value is -4.74. The summed E-state index contributed by atoms with van der Waals surface area (Å²) in [6.45, 7) is 11.3. The smallest absolute Gasteiger partial charge is 0.259 e. The molecule has 0 atom stereocenters. The van der Waals surface area contributed by atoms with Gasteiger partial charge in [-0.05, 0) is 76.4 Å². The lowest BCUT2D eigenvalue weighted by Gasteiger charge is -2.07. The van der Waals surface area contributed by atoms with E-state index in [9.17, 15) is 4.79 Å². The molecule has 204 valence electrons. The molecule has 12 nitrogen and oxygen atoms in total. The number of nitrogens with two attached hydrogens (primary N) is 4. The monoisotopic (exact) mass is 521 g/mol. The zero-order valence-corrected chi connectivity index (χ0v) is 22.2. The molecule has 0 fully saturated rings. The van der Waals surface area contributed by atoms with E-state index in [1.807, 2.05) is 46.9 Å². The van der Waals surface area contributed by atoms with Crippen molar-refractivity contribution in [2.24, 2.45) is 18.5 Å². The number of nitrogens with zero attached hydrogens (tertiary/aromatic N) is 4. The lowest BCUT2D eigenvalue weighted by molar-refractivity contribution is 0.789. The molecule has 0 aliphatic carbocycles. The van der Waals surface area contributed by atoms with Gasteiger partial charge >= 0.3 is 0 Å². The number of aromatic amines is 1. The Labute approximate surface area is 222 Å². The maximum Gasteiger partial charge on any atom is 0.259 e. The molecule has 0 aliphatic heterocycles. The molecule has 4 aromatic rings. The number of hydrogen-bond acceptors (Lipinski definition) is 8. The molecule has 0 radical (unpaired) electrons. The van der Waals surface area contributed by atoms with Crippen molar-refractivity contribution in [2.75, 3.05) is 11.5 Å². The summed E-state index contributed by atoms with van der Waals surface area (Å²) in [7, 11) is 1.85. The van der Waals surface area contributed by atoms with Gasteiger partial charge in [-0.1, -0.05) is 7.43 Å². The van der Waals surface area contributed by atoms with Crippen LogP contribution in [-0.2, 0) is 7.05 Å². The summed E-state index contributed by atoms with van der Waals surface area (Å²) in [5.74, 6) is 0.675. The normalized spacial score (nSPS) is 9.97. The van der Waals surface area contributed by atoms with Crippen LogP contribution in [-0.4, -0.2) is 36.4 Å². The third-order valence-electron chi connectivity index (χ3n) is 5.42. The Morgan fingerprint density at radius 3 is 1.82 bits per heavy atom. The van der Waals surface area contributed by atoms with Crippen LogP contribution in [0.15, 0.2) is 23.0 Å². The number of anilines is 2. The Bertz CT molecular complexity index is 1520. The molecule has 0 amide bonds. The van der Waals surface area contributed by atoms with E-state index in [4.69, 9.17) is 33.8 Å². The molecule has 0 saturated heterocycles. The molecule has 4 rings (SSSR count). The third-order valence-corrected chi connectivity index (χ3v) is 5.42. The predicted molar refractivity (Wildman–Crippen MR) is 156 cm³/mol. The molecule has 4 aromatic heterocycles. The maximum absolute atomic E-state index is 11.2. The van der Waals surface area contributed by atoms with Crippen LogP contribution >= 0.6 is 0 Å². The van der Waals surface area contributed by atoms with Crippen molar-refractivity contribution in [3.8, 4) is 0 Å².